The van der Waals surface area contributed by atoms with Gasteiger partial charge in [0.25, 0.3) is 0 Å². The molecular weight excluding hydrogens is 328 g/mol. The maximum Gasteiger partial charge on any atom is 0.234 e. The number of amides is 1. The van der Waals surface area contributed by atoms with Gasteiger partial charge in [0, 0.05) is 18.0 Å². The maximum atomic E-state index is 12.5. The first-order valence-electron chi connectivity index (χ1n) is 9.27. The Labute approximate surface area is 153 Å². The molecule has 5 nitrogen and oxygen atoms in total. The largest absolute Gasteiger partial charge is 0.508 e. The summed E-state index contributed by atoms with van der Waals surface area (Å²) in [4.78, 5) is 12.5. The molecule has 2 atom stereocenters. The fourth-order valence-electron chi connectivity index (χ4n) is 3.95. The minimum atomic E-state index is -0.0148. The molecule has 2 aliphatic rings. The number of hydrogen-bond acceptors (Lipinski definition) is 4. The predicted octanol–water partition coefficient (Wildman–Crippen LogP) is 3.00. The Bertz CT molecular complexity index is 806. The summed E-state index contributed by atoms with van der Waals surface area (Å²) in [6.45, 7) is 0.879. The third kappa shape index (κ3) is 3.53. The minimum absolute atomic E-state index is 0.00284. The van der Waals surface area contributed by atoms with Crippen molar-refractivity contribution in [2.75, 3.05) is 13.2 Å². The van der Waals surface area contributed by atoms with Crippen LogP contribution in [0.25, 0.3) is 0 Å². The van der Waals surface area contributed by atoms with Crippen LogP contribution in [0.3, 0.4) is 0 Å². The van der Waals surface area contributed by atoms with Crippen LogP contribution in [0.15, 0.2) is 42.5 Å². The van der Waals surface area contributed by atoms with Crippen LogP contribution in [0, 0.1) is 0 Å². The first-order chi connectivity index (χ1) is 12.7. The van der Waals surface area contributed by atoms with Gasteiger partial charge in [0.05, 0.1) is 19.2 Å². The summed E-state index contributed by atoms with van der Waals surface area (Å²) < 4.78 is 5.65. The molecule has 1 heterocycles. The molecule has 136 valence electrons. The van der Waals surface area contributed by atoms with Crippen molar-refractivity contribution in [1.29, 1.82) is 0 Å². The van der Waals surface area contributed by atoms with Crippen LogP contribution in [0.4, 0.5) is 0 Å². The smallest absolute Gasteiger partial charge is 0.234 e. The quantitative estimate of drug-likeness (QED) is 0.791. The molecular formula is C21H24N2O3. The van der Waals surface area contributed by atoms with Crippen LogP contribution in [0.5, 0.6) is 11.5 Å². The van der Waals surface area contributed by atoms with Crippen LogP contribution in [-0.2, 0) is 11.2 Å². The molecule has 3 N–H and O–H groups in total. The van der Waals surface area contributed by atoms with Gasteiger partial charge in [-0.3, -0.25) is 4.79 Å². The maximum absolute atomic E-state index is 12.5. The van der Waals surface area contributed by atoms with E-state index in [2.05, 4.69) is 10.6 Å². The predicted molar refractivity (Wildman–Crippen MR) is 99.2 cm³/mol. The number of ether oxygens (including phenoxy) is 1. The van der Waals surface area contributed by atoms with Gasteiger partial charge in [-0.15, -0.1) is 0 Å². The molecule has 0 aromatic heterocycles. The molecule has 0 unspecified atom stereocenters. The van der Waals surface area contributed by atoms with Crippen LogP contribution < -0.4 is 15.4 Å². The Morgan fingerprint density at radius 3 is 2.92 bits per heavy atom. The van der Waals surface area contributed by atoms with E-state index >= 15 is 0 Å². The molecule has 2 aromatic carbocycles. The number of rotatable bonds is 4. The highest BCUT2D eigenvalue weighted by Crippen LogP contribution is 2.33. The van der Waals surface area contributed by atoms with Crippen molar-refractivity contribution in [2.24, 2.45) is 0 Å². The fraction of sp³-hybridized carbons (Fsp3) is 0.381. The lowest BCUT2D eigenvalue weighted by atomic mass is 9.87. The van der Waals surface area contributed by atoms with E-state index in [1.165, 1.54) is 5.56 Å². The molecule has 1 aliphatic carbocycles. The number of para-hydroxylation sites is 1. The Balaban J connectivity index is 1.38. The van der Waals surface area contributed by atoms with Crippen molar-refractivity contribution >= 4 is 5.91 Å². The topological polar surface area (TPSA) is 70.6 Å². The summed E-state index contributed by atoms with van der Waals surface area (Å²) in [5.41, 5.74) is 3.41. The number of aromatic hydroxyl groups is 1. The first kappa shape index (κ1) is 16.9. The summed E-state index contributed by atoms with van der Waals surface area (Å²) in [5, 5.41) is 16.3. The highest BCUT2D eigenvalue weighted by atomic mass is 16.5. The monoisotopic (exact) mass is 352 g/mol. The van der Waals surface area contributed by atoms with E-state index in [-0.39, 0.29) is 30.3 Å². The van der Waals surface area contributed by atoms with Crippen LogP contribution >= 0.6 is 0 Å². The van der Waals surface area contributed by atoms with Crippen molar-refractivity contribution in [2.45, 2.75) is 37.8 Å². The number of carbonyl (C=O) groups is 1. The van der Waals surface area contributed by atoms with Gasteiger partial charge in [-0.25, -0.2) is 0 Å². The number of phenols is 1. The van der Waals surface area contributed by atoms with E-state index in [0.29, 0.717) is 6.61 Å². The Morgan fingerprint density at radius 2 is 2.00 bits per heavy atom. The Morgan fingerprint density at radius 1 is 1.12 bits per heavy atom. The summed E-state index contributed by atoms with van der Waals surface area (Å²) in [6.07, 6.45) is 3.87. The average Bonchev–Trinajstić information content (AvgIpc) is 2.66. The van der Waals surface area contributed by atoms with Gasteiger partial charge in [-0.2, -0.15) is 0 Å². The third-order valence-corrected chi connectivity index (χ3v) is 5.25. The Hall–Kier alpha value is -2.53. The molecule has 0 spiro atoms. The molecule has 0 fully saturated rings. The van der Waals surface area contributed by atoms with Gasteiger partial charge < -0.3 is 20.5 Å². The summed E-state index contributed by atoms with van der Waals surface area (Å²) in [7, 11) is 0. The molecule has 1 amide bonds. The molecule has 0 radical (unpaired) electrons. The highest BCUT2D eigenvalue weighted by Gasteiger charge is 2.24. The molecule has 0 saturated heterocycles. The summed E-state index contributed by atoms with van der Waals surface area (Å²) >= 11 is 0. The van der Waals surface area contributed by atoms with Crippen LogP contribution in [0.2, 0.25) is 0 Å². The van der Waals surface area contributed by atoms with E-state index < -0.39 is 0 Å². The number of hydrogen-bond donors (Lipinski definition) is 3. The zero-order chi connectivity index (χ0) is 17.9. The normalized spacial score (nSPS) is 21.2. The standard InChI is InChI=1S/C21H24N2O3/c24-15-9-8-14-4-3-6-18(17(14)12-15)22-13-21(25)23-19-10-11-26-20-7-2-1-5-16(19)20/h1-2,5,7-9,12,18-19,22,24H,3-4,6,10-11,13H2,(H,23,25)/t18-,19+/m1/s1. The lowest BCUT2D eigenvalue weighted by molar-refractivity contribution is -0.121. The van der Waals surface area contributed by atoms with Crippen molar-refractivity contribution in [1.82, 2.24) is 10.6 Å². The van der Waals surface area contributed by atoms with Crippen molar-refractivity contribution in [3.05, 3.63) is 59.2 Å². The van der Waals surface area contributed by atoms with Gasteiger partial charge in [0.15, 0.2) is 0 Å². The lowest BCUT2D eigenvalue weighted by Crippen LogP contribution is -2.39. The second-order valence-electron chi connectivity index (χ2n) is 7.00. The second-order valence-corrected chi connectivity index (χ2v) is 7.00. The van der Waals surface area contributed by atoms with Gasteiger partial charge >= 0.3 is 0 Å². The Kier molecular flexibility index (Phi) is 4.80. The van der Waals surface area contributed by atoms with E-state index in [1.807, 2.05) is 36.4 Å². The first-order valence-corrected chi connectivity index (χ1v) is 9.27. The van der Waals surface area contributed by atoms with Crippen molar-refractivity contribution < 1.29 is 14.6 Å². The van der Waals surface area contributed by atoms with Crippen LogP contribution in [-0.4, -0.2) is 24.2 Å². The molecule has 2 aromatic rings. The minimum Gasteiger partial charge on any atom is -0.508 e. The van der Waals surface area contributed by atoms with Crippen molar-refractivity contribution in [3.8, 4) is 11.5 Å². The summed E-state index contributed by atoms with van der Waals surface area (Å²) in [5.74, 6) is 1.12. The number of aryl methyl sites for hydroxylation is 1. The lowest BCUT2D eigenvalue weighted by Gasteiger charge is -2.28. The van der Waals surface area contributed by atoms with E-state index in [1.54, 1.807) is 6.07 Å². The molecule has 5 heteroatoms. The number of benzene rings is 2. The number of carbonyl (C=O) groups excluding carboxylic acids is 1. The van der Waals surface area contributed by atoms with E-state index in [9.17, 15) is 9.90 Å². The van der Waals surface area contributed by atoms with Gasteiger partial charge in [-0.1, -0.05) is 24.3 Å². The number of fused-ring (bicyclic) bond motifs is 2. The molecule has 1 aliphatic heterocycles. The highest BCUT2D eigenvalue weighted by molar-refractivity contribution is 5.78. The second kappa shape index (κ2) is 7.38. The zero-order valence-corrected chi connectivity index (χ0v) is 14.7. The average molecular weight is 352 g/mol. The zero-order valence-electron chi connectivity index (χ0n) is 14.7. The van der Waals surface area contributed by atoms with Crippen molar-refractivity contribution in [3.63, 3.8) is 0 Å². The number of nitrogens with one attached hydrogen (secondary N) is 2. The molecule has 0 saturated carbocycles. The van der Waals surface area contributed by atoms with E-state index in [4.69, 9.17) is 4.74 Å². The summed E-state index contributed by atoms with van der Waals surface area (Å²) in [6, 6.07) is 13.5. The SMILES string of the molecule is O=C(CN[C@@H]1CCCc2ccc(O)cc21)N[C@H]1CCOc2ccccc21. The number of phenolic OH excluding ortho intramolecular Hbond substituents is 1. The van der Waals surface area contributed by atoms with Gasteiger partial charge in [0.2, 0.25) is 5.91 Å². The molecule has 4 rings (SSSR count). The molecule has 0 bridgehead atoms. The third-order valence-electron chi connectivity index (χ3n) is 5.25. The molecule has 26 heavy (non-hydrogen) atoms. The van der Waals surface area contributed by atoms with E-state index in [0.717, 1.165) is 42.6 Å². The fourth-order valence-corrected chi connectivity index (χ4v) is 3.95. The van der Waals surface area contributed by atoms with Crippen LogP contribution in [0.1, 0.15) is 48.0 Å². The van der Waals surface area contributed by atoms with Gasteiger partial charge in [-0.05, 0) is 48.6 Å². The van der Waals surface area contributed by atoms with Gasteiger partial charge in [0.1, 0.15) is 11.5 Å².